The van der Waals surface area contributed by atoms with Crippen molar-refractivity contribution in [2.75, 3.05) is 4.90 Å². The number of ether oxygens (including phenoxy) is 2. The average molecular weight is 568 g/mol. The lowest BCUT2D eigenvalue weighted by Crippen LogP contribution is -2.43. The van der Waals surface area contributed by atoms with Gasteiger partial charge in [0, 0.05) is 23.6 Å². The van der Waals surface area contributed by atoms with E-state index in [1.54, 1.807) is 4.90 Å². The Bertz CT molecular complexity index is 1750. The van der Waals surface area contributed by atoms with Gasteiger partial charge in [0.1, 0.15) is 23.7 Å². The number of nitrogens with zero attached hydrogens (tertiary/aromatic N) is 1. The van der Waals surface area contributed by atoms with Gasteiger partial charge in [-0.15, -0.1) is 0 Å². The number of fused-ring (bicyclic) bond motifs is 2. The van der Waals surface area contributed by atoms with Crippen LogP contribution in [-0.4, -0.2) is 16.6 Å². The van der Waals surface area contributed by atoms with E-state index in [0.29, 0.717) is 34.7 Å². The van der Waals surface area contributed by atoms with Crippen molar-refractivity contribution in [3.8, 4) is 11.5 Å². The van der Waals surface area contributed by atoms with Gasteiger partial charge in [-0.1, -0.05) is 109 Å². The van der Waals surface area contributed by atoms with Gasteiger partial charge in [-0.3, -0.25) is 9.69 Å². The summed E-state index contributed by atoms with van der Waals surface area (Å²) < 4.78 is 12.7. The summed E-state index contributed by atoms with van der Waals surface area (Å²) >= 11 is 0. The number of carbonyl (C=O) groups is 1. The molecule has 5 aromatic carbocycles. The van der Waals surface area contributed by atoms with Gasteiger partial charge in [0.15, 0.2) is 5.60 Å². The van der Waals surface area contributed by atoms with E-state index in [-0.39, 0.29) is 6.61 Å². The zero-order chi connectivity index (χ0) is 29.6. The minimum Gasteiger partial charge on any atom is -0.488 e. The van der Waals surface area contributed by atoms with Crippen LogP contribution in [0.3, 0.4) is 0 Å². The fourth-order valence-electron chi connectivity index (χ4n) is 6.44. The quantitative estimate of drug-likeness (QED) is 0.223. The fraction of sp³-hybridized carbons (Fsp3) is 0.184. The summed E-state index contributed by atoms with van der Waals surface area (Å²) in [4.78, 5) is 16.7. The van der Waals surface area contributed by atoms with E-state index in [4.69, 9.17) is 9.47 Å². The summed E-state index contributed by atoms with van der Waals surface area (Å²) in [6.45, 7) is 4.35. The number of para-hydroxylation sites is 1. The molecule has 0 saturated carbocycles. The lowest BCUT2D eigenvalue weighted by molar-refractivity contribution is -0.132. The molecule has 2 aliphatic rings. The number of hydrogen-bond donors (Lipinski definition) is 1. The Kier molecular flexibility index (Phi) is 6.55. The van der Waals surface area contributed by atoms with Gasteiger partial charge in [-0.25, -0.2) is 0 Å². The Balaban J connectivity index is 1.40. The molecule has 5 heteroatoms. The summed E-state index contributed by atoms with van der Waals surface area (Å²) in [5.74, 6) is 0.709. The van der Waals surface area contributed by atoms with Crippen molar-refractivity contribution in [3.63, 3.8) is 0 Å². The predicted molar refractivity (Wildman–Crippen MR) is 167 cm³/mol. The maximum absolute atomic E-state index is 14.9. The van der Waals surface area contributed by atoms with Gasteiger partial charge in [0.05, 0.1) is 11.7 Å². The Morgan fingerprint density at radius 2 is 1.37 bits per heavy atom. The van der Waals surface area contributed by atoms with Crippen LogP contribution in [0.25, 0.3) is 0 Å². The van der Waals surface area contributed by atoms with Crippen LogP contribution >= 0.6 is 0 Å². The Morgan fingerprint density at radius 3 is 2.02 bits per heavy atom. The third kappa shape index (κ3) is 4.66. The second-order valence-electron chi connectivity index (χ2n) is 11.9. The SMILES string of the molecule is CC1(C)Cc2cc(C3(O)C(=O)N(C(c4ccccc4)c4ccccc4)c4ccccc43)c(OCc3ccccc3)cc2O1. The number of hydrogen-bond acceptors (Lipinski definition) is 4. The number of benzene rings is 5. The highest BCUT2D eigenvalue weighted by Crippen LogP contribution is 2.52. The van der Waals surface area contributed by atoms with Crippen LogP contribution in [0.2, 0.25) is 0 Å². The minimum atomic E-state index is -1.98. The largest absolute Gasteiger partial charge is 0.488 e. The number of carbonyl (C=O) groups excluding carboxylic acids is 1. The average Bonchev–Trinajstić information content (AvgIpc) is 3.46. The molecular weight excluding hydrogens is 534 g/mol. The first kappa shape index (κ1) is 27.0. The lowest BCUT2D eigenvalue weighted by Gasteiger charge is -2.32. The summed E-state index contributed by atoms with van der Waals surface area (Å²) in [5.41, 5.74) is 3.04. The van der Waals surface area contributed by atoms with Crippen LogP contribution < -0.4 is 14.4 Å². The Hall–Kier alpha value is -4.87. The first-order chi connectivity index (χ1) is 20.8. The fourth-order valence-corrected chi connectivity index (χ4v) is 6.44. The molecule has 0 saturated heterocycles. The van der Waals surface area contributed by atoms with Crippen molar-refractivity contribution in [1.82, 2.24) is 0 Å². The number of anilines is 1. The maximum atomic E-state index is 14.9. The second kappa shape index (κ2) is 10.4. The molecule has 0 radical (unpaired) electrons. The smallest absolute Gasteiger partial charge is 0.269 e. The van der Waals surface area contributed by atoms with Crippen molar-refractivity contribution < 1.29 is 19.4 Å². The minimum absolute atomic E-state index is 0.280. The van der Waals surface area contributed by atoms with Crippen LogP contribution in [-0.2, 0) is 23.4 Å². The molecule has 0 fully saturated rings. The van der Waals surface area contributed by atoms with E-state index in [1.807, 2.05) is 141 Å². The van der Waals surface area contributed by atoms with Gasteiger partial charge in [0.2, 0.25) is 0 Å². The van der Waals surface area contributed by atoms with Gasteiger partial charge in [-0.2, -0.15) is 0 Å². The standard InChI is InChI=1S/C38H33NO4/c1-37(2)24-29-22-31(34(23-33(29)43-37)42-25-26-14-6-3-7-15-26)38(41)30-20-12-13-21-32(30)39(36(38)40)35(27-16-8-4-9-17-27)28-18-10-5-11-19-28/h3-23,35,41H,24-25H2,1-2H3. The van der Waals surface area contributed by atoms with Gasteiger partial charge in [0.25, 0.3) is 5.91 Å². The lowest BCUT2D eigenvalue weighted by atomic mass is 9.85. The van der Waals surface area contributed by atoms with Crippen molar-refractivity contribution in [3.05, 3.63) is 161 Å². The Labute approximate surface area is 252 Å². The number of amides is 1. The molecule has 1 amide bonds. The van der Waals surface area contributed by atoms with Gasteiger partial charge in [-0.05, 0) is 48.2 Å². The first-order valence-electron chi connectivity index (χ1n) is 14.6. The third-order valence-electron chi connectivity index (χ3n) is 8.36. The van der Waals surface area contributed by atoms with E-state index >= 15 is 0 Å². The number of rotatable bonds is 7. The summed E-state index contributed by atoms with van der Waals surface area (Å²) in [6, 6.07) is 40.6. The highest BCUT2D eigenvalue weighted by molar-refractivity contribution is 6.10. The zero-order valence-corrected chi connectivity index (χ0v) is 24.2. The molecule has 0 aliphatic carbocycles. The maximum Gasteiger partial charge on any atom is 0.269 e. The first-order valence-corrected chi connectivity index (χ1v) is 14.6. The molecule has 43 heavy (non-hydrogen) atoms. The van der Waals surface area contributed by atoms with Crippen LogP contribution in [0.4, 0.5) is 5.69 Å². The molecule has 1 unspecified atom stereocenters. The molecular formula is C38H33NO4. The molecule has 5 aromatic rings. The molecule has 1 atom stereocenters. The molecule has 0 spiro atoms. The molecule has 214 valence electrons. The van der Waals surface area contributed by atoms with Crippen LogP contribution in [0.15, 0.2) is 127 Å². The predicted octanol–water partition coefficient (Wildman–Crippen LogP) is 7.35. The highest BCUT2D eigenvalue weighted by atomic mass is 16.5. The van der Waals surface area contributed by atoms with Gasteiger partial charge < -0.3 is 14.6 Å². The van der Waals surface area contributed by atoms with Crippen LogP contribution in [0, 0.1) is 0 Å². The molecule has 5 nitrogen and oxygen atoms in total. The van der Waals surface area contributed by atoms with Crippen molar-refractivity contribution in [2.24, 2.45) is 0 Å². The topological polar surface area (TPSA) is 59.0 Å². The third-order valence-corrected chi connectivity index (χ3v) is 8.36. The van der Waals surface area contributed by atoms with Crippen molar-refractivity contribution in [2.45, 2.75) is 44.1 Å². The molecule has 0 aromatic heterocycles. The molecule has 0 bridgehead atoms. The van der Waals surface area contributed by atoms with E-state index in [2.05, 4.69) is 0 Å². The van der Waals surface area contributed by atoms with Crippen molar-refractivity contribution in [1.29, 1.82) is 0 Å². The highest BCUT2D eigenvalue weighted by Gasteiger charge is 2.55. The van der Waals surface area contributed by atoms with Gasteiger partial charge >= 0.3 is 0 Å². The van der Waals surface area contributed by atoms with E-state index in [0.717, 1.165) is 22.3 Å². The van der Waals surface area contributed by atoms with Crippen LogP contribution in [0.5, 0.6) is 11.5 Å². The van der Waals surface area contributed by atoms with Crippen molar-refractivity contribution >= 4 is 11.6 Å². The molecule has 1 N–H and O–H groups in total. The molecule has 7 rings (SSSR count). The summed E-state index contributed by atoms with van der Waals surface area (Å²) in [5, 5.41) is 12.8. The Morgan fingerprint density at radius 1 is 0.791 bits per heavy atom. The summed E-state index contributed by atoms with van der Waals surface area (Å²) in [6.07, 6.45) is 0.653. The molecule has 2 aliphatic heterocycles. The van der Waals surface area contributed by atoms with E-state index < -0.39 is 23.2 Å². The second-order valence-corrected chi connectivity index (χ2v) is 11.9. The van der Waals surface area contributed by atoms with Crippen LogP contribution in [0.1, 0.15) is 53.3 Å². The number of aliphatic hydroxyl groups is 1. The zero-order valence-electron chi connectivity index (χ0n) is 24.2. The van der Waals surface area contributed by atoms with E-state index in [1.165, 1.54) is 0 Å². The molecule has 2 heterocycles. The van der Waals surface area contributed by atoms with E-state index in [9.17, 15) is 9.90 Å². The monoisotopic (exact) mass is 567 g/mol. The normalized spacial score (nSPS) is 18.3. The summed E-state index contributed by atoms with van der Waals surface area (Å²) in [7, 11) is 0.